The molecule has 0 aliphatic carbocycles. The van der Waals surface area contributed by atoms with E-state index in [1.165, 1.54) is 0 Å². The van der Waals surface area contributed by atoms with Gasteiger partial charge in [-0.25, -0.2) is 0 Å². The van der Waals surface area contributed by atoms with Gasteiger partial charge in [-0.3, -0.25) is 4.79 Å². The van der Waals surface area contributed by atoms with Gasteiger partial charge in [-0.15, -0.1) is 0 Å². The van der Waals surface area contributed by atoms with Crippen molar-refractivity contribution in [3.05, 3.63) is 35.4 Å². The van der Waals surface area contributed by atoms with E-state index in [2.05, 4.69) is 0 Å². The number of hydrogen-bond donors (Lipinski definition) is 2. The minimum Gasteiger partial charge on any atom is -0.481 e. The summed E-state index contributed by atoms with van der Waals surface area (Å²) in [6, 6.07) is 7.57. The quantitative estimate of drug-likeness (QED) is 0.800. The van der Waals surface area contributed by atoms with Crippen molar-refractivity contribution >= 4 is 5.97 Å². The van der Waals surface area contributed by atoms with E-state index < -0.39 is 11.4 Å². The molecule has 1 aromatic rings. The molecule has 0 saturated heterocycles. The third-order valence-electron chi connectivity index (χ3n) is 3.10. The van der Waals surface area contributed by atoms with E-state index in [0.717, 1.165) is 17.5 Å². The number of hydrogen-bond acceptors (Lipinski definition) is 2. The van der Waals surface area contributed by atoms with Crippen molar-refractivity contribution < 1.29 is 9.90 Å². The van der Waals surface area contributed by atoms with Crippen LogP contribution < -0.4 is 5.73 Å². The van der Waals surface area contributed by atoms with E-state index in [9.17, 15) is 9.90 Å². The zero-order chi connectivity index (χ0) is 12.2. The standard InChI is InChI=1S/C13H19NO2/c1-3-8-13(9-14,12(15)16)11-7-5-4-6-10(11)2/h4-7H,3,8-9,14H2,1-2H3,(H,15,16). The molecular formula is C13H19NO2. The number of aryl methyl sites for hydroxylation is 1. The number of rotatable bonds is 5. The molecule has 0 radical (unpaired) electrons. The van der Waals surface area contributed by atoms with Crippen LogP contribution in [0.3, 0.4) is 0 Å². The molecule has 0 heterocycles. The molecular weight excluding hydrogens is 202 g/mol. The first-order chi connectivity index (χ1) is 7.58. The van der Waals surface area contributed by atoms with Crippen LogP contribution in [-0.4, -0.2) is 17.6 Å². The Bertz CT molecular complexity index is 376. The van der Waals surface area contributed by atoms with Crippen LogP contribution in [0.4, 0.5) is 0 Å². The molecule has 0 amide bonds. The van der Waals surface area contributed by atoms with Crippen molar-refractivity contribution in [3.8, 4) is 0 Å². The van der Waals surface area contributed by atoms with Gasteiger partial charge in [0.05, 0.1) is 0 Å². The minimum atomic E-state index is -0.930. The second-order valence-electron chi connectivity index (χ2n) is 4.16. The van der Waals surface area contributed by atoms with Gasteiger partial charge in [-0.1, -0.05) is 37.6 Å². The third kappa shape index (κ3) is 2.09. The maximum atomic E-state index is 11.5. The highest BCUT2D eigenvalue weighted by Gasteiger charge is 2.38. The van der Waals surface area contributed by atoms with Gasteiger partial charge in [0.25, 0.3) is 0 Å². The molecule has 1 aromatic carbocycles. The van der Waals surface area contributed by atoms with Gasteiger partial charge in [0.1, 0.15) is 5.41 Å². The first kappa shape index (κ1) is 12.7. The lowest BCUT2D eigenvalue weighted by atomic mass is 9.75. The number of nitrogens with two attached hydrogens (primary N) is 1. The highest BCUT2D eigenvalue weighted by Crippen LogP contribution is 2.31. The highest BCUT2D eigenvalue weighted by molar-refractivity contribution is 5.82. The smallest absolute Gasteiger partial charge is 0.315 e. The molecule has 88 valence electrons. The fourth-order valence-electron chi connectivity index (χ4n) is 2.19. The number of aliphatic carboxylic acids is 1. The van der Waals surface area contributed by atoms with Gasteiger partial charge >= 0.3 is 5.97 Å². The third-order valence-corrected chi connectivity index (χ3v) is 3.10. The molecule has 0 aromatic heterocycles. The monoisotopic (exact) mass is 221 g/mol. The lowest BCUT2D eigenvalue weighted by Crippen LogP contribution is -2.43. The summed E-state index contributed by atoms with van der Waals surface area (Å²) in [5.74, 6) is -0.828. The van der Waals surface area contributed by atoms with E-state index in [0.29, 0.717) is 6.42 Å². The lowest BCUT2D eigenvalue weighted by molar-refractivity contribution is -0.143. The van der Waals surface area contributed by atoms with Gasteiger partial charge in [0.15, 0.2) is 0 Å². The maximum absolute atomic E-state index is 11.5. The summed E-state index contributed by atoms with van der Waals surface area (Å²) in [6.07, 6.45) is 1.38. The zero-order valence-corrected chi connectivity index (χ0v) is 9.86. The summed E-state index contributed by atoms with van der Waals surface area (Å²) in [6.45, 7) is 4.05. The largest absolute Gasteiger partial charge is 0.481 e. The Morgan fingerprint density at radius 3 is 2.50 bits per heavy atom. The van der Waals surface area contributed by atoms with Crippen LogP contribution in [0.1, 0.15) is 30.9 Å². The van der Waals surface area contributed by atoms with Gasteiger partial charge in [0.2, 0.25) is 0 Å². The SMILES string of the molecule is CCCC(CN)(C(=O)O)c1ccccc1C. The van der Waals surface area contributed by atoms with E-state index >= 15 is 0 Å². The summed E-state index contributed by atoms with van der Waals surface area (Å²) in [4.78, 5) is 11.5. The number of carboxylic acid groups (broad SMARTS) is 1. The van der Waals surface area contributed by atoms with E-state index in [-0.39, 0.29) is 6.54 Å². The molecule has 1 atom stereocenters. The Labute approximate surface area is 96.3 Å². The number of carboxylic acids is 1. The molecule has 0 bridgehead atoms. The molecule has 3 N–H and O–H groups in total. The van der Waals surface area contributed by atoms with Crippen LogP contribution in [0.2, 0.25) is 0 Å². The van der Waals surface area contributed by atoms with Gasteiger partial charge in [-0.2, -0.15) is 0 Å². The van der Waals surface area contributed by atoms with Gasteiger partial charge in [0, 0.05) is 6.54 Å². The summed E-state index contributed by atoms with van der Waals surface area (Å²) in [5, 5.41) is 9.45. The summed E-state index contributed by atoms with van der Waals surface area (Å²) < 4.78 is 0. The average Bonchev–Trinajstić information content (AvgIpc) is 2.26. The average molecular weight is 221 g/mol. The fourth-order valence-corrected chi connectivity index (χ4v) is 2.19. The van der Waals surface area contributed by atoms with Crippen molar-refractivity contribution in [1.29, 1.82) is 0 Å². The Hall–Kier alpha value is -1.35. The molecule has 0 aliphatic heterocycles. The molecule has 1 rings (SSSR count). The van der Waals surface area contributed by atoms with Crippen LogP contribution >= 0.6 is 0 Å². The first-order valence-corrected chi connectivity index (χ1v) is 5.58. The summed E-state index contributed by atoms with van der Waals surface area (Å²) >= 11 is 0. The normalized spacial score (nSPS) is 14.4. The van der Waals surface area contributed by atoms with Crippen molar-refractivity contribution in [1.82, 2.24) is 0 Å². The van der Waals surface area contributed by atoms with Gasteiger partial charge in [-0.05, 0) is 24.5 Å². The van der Waals surface area contributed by atoms with Crippen LogP contribution in [0.5, 0.6) is 0 Å². The van der Waals surface area contributed by atoms with Crippen LogP contribution in [0, 0.1) is 6.92 Å². The predicted molar refractivity (Wildman–Crippen MR) is 64.5 cm³/mol. The minimum absolute atomic E-state index is 0.140. The molecule has 1 unspecified atom stereocenters. The van der Waals surface area contributed by atoms with Crippen LogP contribution in [0.25, 0.3) is 0 Å². The highest BCUT2D eigenvalue weighted by atomic mass is 16.4. The van der Waals surface area contributed by atoms with E-state index in [1.54, 1.807) is 0 Å². The molecule has 0 aliphatic rings. The molecule has 3 heteroatoms. The second-order valence-corrected chi connectivity index (χ2v) is 4.16. The summed E-state index contributed by atoms with van der Waals surface area (Å²) in [7, 11) is 0. The van der Waals surface area contributed by atoms with Crippen molar-refractivity contribution in [2.45, 2.75) is 32.1 Å². The molecule has 3 nitrogen and oxygen atoms in total. The Morgan fingerprint density at radius 2 is 2.06 bits per heavy atom. The molecule has 0 spiro atoms. The number of carbonyl (C=O) groups is 1. The van der Waals surface area contributed by atoms with E-state index in [4.69, 9.17) is 5.73 Å². The topological polar surface area (TPSA) is 63.3 Å². The second kappa shape index (κ2) is 5.12. The van der Waals surface area contributed by atoms with E-state index in [1.807, 2.05) is 38.1 Å². The molecule has 0 saturated carbocycles. The Morgan fingerprint density at radius 1 is 1.44 bits per heavy atom. The van der Waals surface area contributed by atoms with Gasteiger partial charge < -0.3 is 10.8 Å². The molecule has 0 fully saturated rings. The van der Waals surface area contributed by atoms with Crippen LogP contribution in [-0.2, 0) is 10.2 Å². The Balaban J connectivity index is 3.30. The zero-order valence-electron chi connectivity index (χ0n) is 9.86. The fraction of sp³-hybridized carbons (Fsp3) is 0.462. The first-order valence-electron chi connectivity index (χ1n) is 5.58. The summed E-state index contributed by atoms with van der Waals surface area (Å²) in [5.41, 5.74) is 6.61. The number of benzene rings is 1. The lowest BCUT2D eigenvalue weighted by Gasteiger charge is -2.29. The molecule has 16 heavy (non-hydrogen) atoms. The predicted octanol–water partition coefficient (Wildman–Crippen LogP) is 2.08. The maximum Gasteiger partial charge on any atom is 0.315 e. The van der Waals surface area contributed by atoms with Crippen LogP contribution in [0.15, 0.2) is 24.3 Å². The van der Waals surface area contributed by atoms with Crippen molar-refractivity contribution in [2.75, 3.05) is 6.54 Å². The Kier molecular flexibility index (Phi) is 4.07. The van der Waals surface area contributed by atoms with Crippen molar-refractivity contribution in [2.24, 2.45) is 5.73 Å². The van der Waals surface area contributed by atoms with Crippen molar-refractivity contribution in [3.63, 3.8) is 0 Å².